The predicted octanol–water partition coefficient (Wildman–Crippen LogP) is -1.04. The number of hydrogen-bond acceptors (Lipinski definition) is 0. The van der Waals surface area contributed by atoms with Gasteiger partial charge in [0.2, 0.25) is 0 Å². The van der Waals surface area contributed by atoms with E-state index in [1.807, 2.05) is 0 Å². The van der Waals surface area contributed by atoms with Gasteiger partial charge in [-0.05, 0) is 0 Å². The van der Waals surface area contributed by atoms with E-state index >= 15 is 0 Å². The van der Waals surface area contributed by atoms with Crippen LogP contribution in [-0.2, 0) is 67.1 Å². The second-order valence-electron chi connectivity index (χ2n) is 0. The summed E-state index contributed by atoms with van der Waals surface area (Å²) in [5.41, 5.74) is 0. The zero-order valence-corrected chi connectivity index (χ0v) is 14.7. The van der Waals surface area contributed by atoms with Gasteiger partial charge in [0.1, 0.15) is 0 Å². The first-order valence-electron chi connectivity index (χ1n) is 0. The Balaban J connectivity index is 0. The van der Waals surface area contributed by atoms with Crippen LogP contribution in [0.2, 0.25) is 0 Å². The van der Waals surface area contributed by atoms with Crippen molar-refractivity contribution in [3.05, 3.63) is 30.8 Å². The van der Waals surface area contributed by atoms with E-state index in [1.165, 1.54) is 0 Å². The molecule has 0 unspecified atom stereocenters. The summed E-state index contributed by atoms with van der Waals surface area (Å²) in [6.45, 7) is 0. The van der Waals surface area contributed by atoms with Crippen LogP contribution in [0.4, 0.5) is 0 Å². The van der Waals surface area contributed by atoms with E-state index in [-0.39, 0.29) is 114 Å². The molecule has 8 nitrogen and oxygen atoms in total. The summed E-state index contributed by atoms with van der Waals surface area (Å²) in [6, 6.07) is 0. The summed E-state index contributed by atoms with van der Waals surface area (Å²) in [5.74, 6) is 0. The maximum absolute atomic E-state index is 0. The molecule has 0 spiro atoms. The van der Waals surface area contributed by atoms with Crippen molar-refractivity contribution < 1.29 is 83.6 Å². The first kappa shape index (κ1) is 506. The van der Waals surface area contributed by atoms with Crippen LogP contribution in [0.1, 0.15) is 0 Å². The molecule has 0 bridgehead atoms. The summed E-state index contributed by atoms with van der Waals surface area (Å²) in [5, 5.41) is 0. The molecule has 0 atom stereocenters. The molecule has 0 amide bonds. The second kappa shape index (κ2) is 391. The van der Waals surface area contributed by atoms with Crippen LogP contribution in [0.15, 0.2) is 0 Å². The summed E-state index contributed by atoms with van der Waals surface area (Å²) in [4.78, 5) is 0. The van der Waals surface area contributed by atoms with Crippen LogP contribution in [0.25, 0.3) is 30.8 Å². The van der Waals surface area contributed by atoms with E-state index in [4.69, 9.17) is 0 Å². The summed E-state index contributed by atoms with van der Waals surface area (Å²) in [6.07, 6.45) is 0. The van der Waals surface area contributed by atoms with Gasteiger partial charge in [-0.2, -0.15) is 0 Å². The molecule has 64 valence electrons. The van der Waals surface area contributed by atoms with Gasteiger partial charge >= 0.3 is 67.1 Å². The Morgan fingerprint density at radius 2 is 0.273 bits per heavy atom. The topological polar surface area (TPSA) is 247 Å². The van der Waals surface area contributed by atoms with Crippen LogP contribution >= 0.6 is 0 Å². The van der Waals surface area contributed by atoms with Gasteiger partial charge in [-0.1, -0.05) is 0 Å². The second-order valence-corrected chi connectivity index (χ2v) is 0. The van der Waals surface area contributed by atoms with Crippen LogP contribution in [0, 0.1) is 0 Å². The van der Waals surface area contributed by atoms with Crippen molar-refractivity contribution in [3.63, 3.8) is 0 Å². The van der Waals surface area contributed by atoms with Crippen molar-refractivity contribution >= 4 is 0 Å². The Bertz CT molecular complexity index is 16.9. The molecular formula is H6N5O3Ta3. The molecule has 0 aromatic carbocycles. The first-order chi connectivity index (χ1) is 0. The fourth-order valence-corrected chi connectivity index (χ4v) is 0. The van der Waals surface area contributed by atoms with E-state index in [0.29, 0.717) is 0 Å². The van der Waals surface area contributed by atoms with Crippen molar-refractivity contribution in [3.8, 4) is 0 Å². The Morgan fingerprint density at radius 1 is 0.273 bits per heavy atom. The van der Waals surface area contributed by atoms with Crippen molar-refractivity contribution in [2.24, 2.45) is 0 Å². The van der Waals surface area contributed by atoms with E-state index in [9.17, 15) is 0 Å². The van der Waals surface area contributed by atoms with Crippen LogP contribution < -0.4 is 0 Å². The van der Waals surface area contributed by atoms with Gasteiger partial charge in [-0.3, -0.25) is 0 Å². The van der Waals surface area contributed by atoms with E-state index < -0.39 is 0 Å². The average molecular weight is 667 g/mol. The monoisotopic (exact) mass is 667 g/mol. The number of nitrogens with zero attached hydrogens (tertiary/aromatic N) is 5. The van der Waals surface area contributed by atoms with Gasteiger partial charge in [-0.25, -0.2) is 0 Å². The van der Waals surface area contributed by atoms with Gasteiger partial charge in [0.05, 0.1) is 0 Å². The van der Waals surface area contributed by atoms with Crippen molar-refractivity contribution in [1.29, 1.82) is 0 Å². The normalized spacial score (nSPS) is 0. The Hall–Kier alpha value is 1.90. The minimum Gasteiger partial charge on any atom is -3.00 e. The molecule has 0 aliphatic carbocycles. The molecule has 0 aromatic rings. The molecule has 0 aliphatic heterocycles. The number of hydrogen-bond donors (Lipinski definition) is 0. The van der Waals surface area contributed by atoms with Gasteiger partial charge < -0.3 is 47.2 Å². The predicted molar refractivity (Wildman–Crippen MR) is 27.6 cm³/mol. The van der Waals surface area contributed by atoms with Gasteiger partial charge in [0, 0.05) is 0 Å². The van der Waals surface area contributed by atoms with E-state index in [2.05, 4.69) is 0 Å². The molecular weight excluding hydrogens is 661 g/mol. The third-order valence-electron chi connectivity index (χ3n) is 0. The molecule has 0 rings (SSSR count). The molecule has 0 aliphatic rings. The Kier molecular flexibility index (Phi) is 18000. The molecule has 0 saturated carbocycles. The average Bonchev–Trinajstić information content (AvgIpc) is 0. The summed E-state index contributed by atoms with van der Waals surface area (Å²) < 4.78 is 0. The SMILES string of the molecule is O.O.O.[N-3].[N-3].[N-3].[N-3].[N-3].[Ta+5].[Ta+5].[Ta+5]. The van der Waals surface area contributed by atoms with E-state index in [1.54, 1.807) is 0 Å². The zero-order valence-electron chi connectivity index (χ0n) is 5.08. The number of rotatable bonds is 0. The quantitative estimate of drug-likeness (QED) is 0.301. The Labute approximate surface area is 113 Å². The largest absolute Gasteiger partial charge is 5.00 e. The van der Waals surface area contributed by atoms with Crippen molar-refractivity contribution in [1.82, 2.24) is 0 Å². The molecule has 6 N–H and O–H groups in total. The van der Waals surface area contributed by atoms with Crippen LogP contribution in [-0.4, -0.2) is 16.4 Å². The molecule has 0 aromatic heterocycles. The molecule has 0 saturated heterocycles. The summed E-state index contributed by atoms with van der Waals surface area (Å²) in [7, 11) is 0. The first-order valence-corrected chi connectivity index (χ1v) is 0. The molecule has 0 radical (unpaired) electrons. The minimum absolute atomic E-state index is 0. The van der Waals surface area contributed by atoms with Crippen LogP contribution in [0.3, 0.4) is 0 Å². The van der Waals surface area contributed by atoms with Crippen molar-refractivity contribution in [2.75, 3.05) is 0 Å². The standard InChI is InChI=1S/5N.3H2O.3Ta/h;;;;;3*1H2;;;/q5*-3;;;;3*+5. The third kappa shape index (κ3) is 323. The third-order valence-corrected chi connectivity index (χ3v) is 0. The van der Waals surface area contributed by atoms with Gasteiger partial charge in [0.25, 0.3) is 0 Å². The molecule has 0 fully saturated rings. The fourth-order valence-electron chi connectivity index (χ4n) is 0. The van der Waals surface area contributed by atoms with Gasteiger partial charge in [-0.15, -0.1) is 0 Å². The smallest absolute Gasteiger partial charge is 3.00 e. The van der Waals surface area contributed by atoms with Gasteiger partial charge in [0.15, 0.2) is 0 Å². The minimum atomic E-state index is 0. The summed E-state index contributed by atoms with van der Waals surface area (Å²) >= 11 is 0. The Morgan fingerprint density at radius 3 is 0.273 bits per heavy atom. The molecule has 11 heavy (non-hydrogen) atoms. The fraction of sp³-hybridized carbons (Fsp3) is 0. The molecule has 0 heterocycles. The molecule has 11 heteroatoms. The zero-order chi connectivity index (χ0) is 0. The van der Waals surface area contributed by atoms with Crippen molar-refractivity contribution in [2.45, 2.75) is 0 Å². The van der Waals surface area contributed by atoms with Crippen LogP contribution in [0.5, 0.6) is 0 Å². The maximum atomic E-state index is 0. The van der Waals surface area contributed by atoms with E-state index in [0.717, 1.165) is 0 Å². The maximum Gasteiger partial charge on any atom is 5.00 e.